The predicted octanol–water partition coefficient (Wildman–Crippen LogP) is 15.0. The molecule has 0 aliphatic carbocycles. The second-order valence-corrected chi connectivity index (χ2v) is 15.3. The van der Waals surface area contributed by atoms with Crippen molar-refractivity contribution < 1.29 is 19.0 Å². The highest BCUT2D eigenvalue weighted by atomic mass is 16.6. The van der Waals surface area contributed by atoms with E-state index >= 15 is 0 Å². The Balaban J connectivity index is 4.01. The summed E-state index contributed by atoms with van der Waals surface area (Å²) in [6.45, 7) is 9.01. The lowest BCUT2D eigenvalue weighted by Crippen LogP contribution is -2.32. The molecule has 0 aromatic heterocycles. The molecule has 0 bridgehead atoms. The van der Waals surface area contributed by atoms with Gasteiger partial charge in [0.2, 0.25) is 0 Å². The van der Waals surface area contributed by atoms with Crippen LogP contribution in [0.4, 0.5) is 0 Å². The van der Waals surface area contributed by atoms with E-state index in [4.69, 9.17) is 14.2 Å². The van der Waals surface area contributed by atoms with Crippen molar-refractivity contribution in [3.8, 4) is 0 Å². The van der Waals surface area contributed by atoms with Crippen LogP contribution >= 0.6 is 0 Å². The molecule has 0 rings (SSSR count). The number of hydrogen-bond acceptors (Lipinski definition) is 4. The van der Waals surface area contributed by atoms with E-state index in [1.165, 1.54) is 205 Å². The zero-order valence-corrected chi connectivity index (χ0v) is 34.0. The number of rotatable bonds is 43. The molecule has 294 valence electrons. The van der Waals surface area contributed by atoms with Crippen LogP contribution in [0.3, 0.4) is 0 Å². The first-order valence-corrected chi connectivity index (χ1v) is 22.6. The number of carbonyl (C=O) groups is 1. The molecule has 0 aromatic carbocycles. The Labute approximate surface area is 308 Å². The molecule has 0 saturated heterocycles. The van der Waals surface area contributed by atoms with E-state index in [1.54, 1.807) is 0 Å². The molecule has 0 heterocycles. The van der Waals surface area contributed by atoms with E-state index in [0.29, 0.717) is 26.4 Å². The van der Waals surface area contributed by atoms with Crippen LogP contribution in [-0.4, -0.2) is 38.5 Å². The van der Waals surface area contributed by atoms with Gasteiger partial charge in [-0.1, -0.05) is 233 Å². The van der Waals surface area contributed by atoms with E-state index in [0.717, 1.165) is 25.7 Å². The molecule has 1 atom stereocenters. The van der Waals surface area contributed by atoms with Gasteiger partial charge in [0, 0.05) is 13.2 Å². The summed E-state index contributed by atoms with van der Waals surface area (Å²) < 4.78 is 17.7. The normalized spacial score (nSPS) is 12.1. The highest BCUT2D eigenvalue weighted by Crippen LogP contribution is 2.15. The SMILES string of the molecule is CCCCCCCCCCCCCCCCOCC(OCCCCCCCCCCCCCCCC)C(=O)OCCCCCCCCCC. The van der Waals surface area contributed by atoms with Gasteiger partial charge >= 0.3 is 5.97 Å². The zero-order valence-electron chi connectivity index (χ0n) is 34.0. The number of hydrogen-bond donors (Lipinski definition) is 0. The first-order valence-electron chi connectivity index (χ1n) is 22.6. The van der Waals surface area contributed by atoms with Crippen LogP contribution in [-0.2, 0) is 19.0 Å². The van der Waals surface area contributed by atoms with Crippen LogP contribution in [0, 0.1) is 0 Å². The molecule has 4 heteroatoms. The second-order valence-electron chi connectivity index (χ2n) is 15.3. The van der Waals surface area contributed by atoms with Gasteiger partial charge in [-0.3, -0.25) is 0 Å². The highest BCUT2D eigenvalue weighted by Gasteiger charge is 2.21. The first-order chi connectivity index (χ1) is 24.3. The Morgan fingerprint density at radius 2 is 0.612 bits per heavy atom. The van der Waals surface area contributed by atoms with E-state index in [9.17, 15) is 4.79 Å². The minimum Gasteiger partial charge on any atom is -0.464 e. The van der Waals surface area contributed by atoms with Gasteiger partial charge in [0.05, 0.1) is 13.2 Å². The smallest absolute Gasteiger partial charge is 0.337 e. The maximum Gasteiger partial charge on any atom is 0.337 e. The van der Waals surface area contributed by atoms with E-state index in [1.807, 2.05) is 0 Å². The molecule has 0 radical (unpaired) electrons. The van der Waals surface area contributed by atoms with Crippen molar-refractivity contribution in [1.29, 1.82) is 0 Å². The van der Waals surface area contributed by atoms with Crippen molar-refractivity contribution in [1.82, 2.24) is 0 Å². The van der Waals surface area contributed by atoms with Crippen molar-refractivity contribution in [2.24, 2.45) is 0 Å². The molecule has 0 aliphatic heterocycles. The standard InChI is InChI=1S/C45H90O4/c1-4-7-10-13-16-19-21-23-25-27-29-31-34-37-40-47-43-44(45(46)49-42-39-36-32-18-15-12-9-6-3)48-41-38-35-33-30-28-26-24-22-20-17-14-11-8-5-2/h44H,4-43H2,1-3H3. The van der Waals surface area contributed by atoms with Crippen molar-refractivity contribution >= 4 is 5.97 Å². The fourth-order valence-electron chi connectivity index (χ4n) is 6.80. The lowest BCUT2D eigenvalue weighted by Gasteiger charge is -2.17. The number of esters is 1. The summed E-state index contributed by atoms with van der Waals surface area (Å²) in [5.74, 6) is -0.228. The van der Waals surface area contributed by atoms with E-state index in [2.05, 4.69) is 20.8 Å². The lowest BCUT2D eigenvalue weighted by molar-refractivity contribution is -0.161. The molecule has 49 heavy (non-hydrogen) atoms. The molecular formula is C45H90O4. The molecule has 0 aromatic rings. The minimum atomic E-state index is -0.581. The summed E-state index contributed by atoms with van der Waals surface area (Å²) in [5.41, 5.74) is 0. The summed E-state index contributed by atoms with van der Waals surface area (Å²) in [4.78, 5) is 12.9. The first kappa shape index (κ1) is 48.4. The molecule has 0 amide bonds. The largest absolute Gasteiger partial charge is 0.464 e. The molecule has 1 unspecified atom stereocenters. The lowest BCUT2D eigenvalue weighted by atomic mass is 10.0. The third-order valence-electron chi connectivity index (χ3n) is 10.2. The summed E-state index contributed by atoms with van der Waals surface area (Å²) >= 11 is 0. The summed E-state index contributed by atoms with van der Waals surface area (Å²) in [5, 5.41) is 0. The molecule has 0 saturated carbocycles. The quantitative estimate of drug-likeness (QED) is 0.0471. The highest BCUT2D eigenvalue weighted by molar-refractivity contribution is 5.74. The Kier molecular flexibility index (Phi) is 43.0. The second kappa shape index (κ2) is 43.6. The van der Waals surface area contributed by atoms with Crippen molar-refractivity contribution in [2.75, 3.05) is 26.4 Å². The predicted molar refractivity (Wildman–Crippen MR) is 215 cm³/mol. The molecule has 0 N–H and O–H groups in total. The Morgan fingerprint density at radius 1 is 0.347 bits per heavy atom. The van der Waals surface area contributed by atoms with Crippen LogP contribution < -0.4 is 0 Å². The van der Waals surface area contributed by atoms with Gasteiger partial charge in [-0.15, -0.1) is 0 Å². The van der Waals surface area contributed by atoms with Crippen molar-refractivity contribution in [3.63, 3.8) is 0 Å². The number of unbranched alkanes of at least 4 members (excludes halogenated alkanes) is 33. The molecular weight excluding hydrogens is 604 g/mol. The molecule has 0 aliphatic rings. The maximum atomic E-state index is 12.9. The van der Waals surface area contributed by atoms with Crippen LogP contribution in [0.5, 0.6) is 0 Å². The summed E-state index contributed by atoms with van der Waals surface area (Å²) in [7, 11) is 0. The van der Waals surface area contributed by atoms with Gasteiger partial charge in [-0.05, 0) is 19.3 Å². The Morgan fingerprint density at radius 3 is 0.939 bits per heavy atom. The molecule has 0 spiro atoms. The minimum absolute atomic E-state index is 0.228. The summed E-state index contributed by atoms with van der Waals surface area (Å²) in [6, 6.07) is 0. The van der Waals surface area contributed by atoms with Gasteiger partial charge in [0.25, 0.3) is 0 Å². The third-order valence-corrected chi connectivity index (χ3v) is 10.2. The fraction of sp³-hybridized carbons (Fsp3) is 0.978. The Bertz CT molecular complexity index is 609. The maximum absolute atomic E-state index is 12.9. The van der Waals surface area contributed by atoms with Gasteiger partial charge in [-0.2, -0.15) is 0 Å². The zero-order chi connectivity index (χ0) is 35.6. The average Bonchev–Trinajstić information content (AvgIpc) is 3.11. The van der Waals surface area contributed by atoms with Gasteiger partial charge < -0.3 is 14.2 Å². The van der Waals surface area contributed by atoms with Crippen LogP contribution in [0.1, 0.15) is 252 Å². The van der Waals surface area contributed by atoms with Gasteiger partial charge in [0.1, 0.15) is 0 Å². The van der Waals surface area contributed by atoms with E-state index < -0.39 is 6.10 Å². The molecule has 4 nitrogen and oxygen atoms in total. The molecule has 0 fully saturated rings. The van der Waals surface area contributed by atoms with Crippen LogP contribution in [0.2, 0.25) is 0 Å². The summed E-state index contributed by atoms with van der Waals surface area (Å²) in [6.07, 6.45) is 47.1. The topological polar surface area (TPSA) is 44.8 Å². The van der Waals surface area contributed by atoms with Crippen molar-refractivity contribution in [2.45, 2.75) is 258 Å². The Hall–Kier alpha value is -0.610. The van der Waals surface area contributed by atoms with Crippen molar-refractivity contribution in [3.05, 3.63) is 0 Å². The van der Waals surface area contributed by atoms with Crippen LogP contribution in [0.15, 0.2) is 0 Å². The van der Waals surface area contributed by atoms with Crippen LogP contribution in [0.25, 0.3) is 0 Å². The third kappa shape index (κ3) is 40.0. The fourth-order valence-corrected chi connectivity index (χ4v) is 6.80. The number of ether oxygens (including phenoxy) is 3. The number of carbonyl (C=O) groups excluding carboxylic acids is 1. The average molecular weight is 695 g/mol. The van der Waals surface area contributed by atoms with Gasteiger partial charge in [-0.25, -0.2) is 4.79 Å². The van der Waals surface area contributed by atoms with E-state index in [-0.39, 0.29) is 5.97 Å². The monoisotopic (exact) mass is 695 g/mol. The van der Waals surface area contributed by atoms with Gasteiger partial charge in [0.15, 0.2) is 6.10 Å².